The van der Waals surface area contributed by atoms with E-state index in [-0.39, 0.29) is 35.4 Å². The molecule has 34 heavy (non-hydrogen) atoms. The van der Waals surface area contributed by atoms with E-state index >= 15 is 0 Å². The first kappa shape index (κ1) is 29.2. The normalized spacial score (nSPS) is 11.9. The molecule has 2 rings (SSSR count). The van der Waals surface area contributed by atoms with Crippen LogP contribution in [0.1, 0.15) is 56.3 Å². The van der Waals surface area contributed by atoms with E-state index in [0.29, 0.717) is 36.2 Å². The fourth-order valence-electron chi connectivity index (χ4n) is 3.24. The molecule has 1 unspecified atom stereocenters. The Bertz CT molecular complexity index is 1090. The SMILES string of the molecule is CCCCNS(=O)(=O)c1cc(CC)cc(C(Nc2ccc(C(=N)N)cc2)C(=O)OCC)c1N.Cl. The van der Waals surface area contributed by atoms with Crippen LogP contribution in [0.5, 0.6) is 0 Å². The lowest BCUT2D eigenvalue weighted by molar-refractivity contribution is -0.144. The van der Waals surface area contributed by atoms with Crippen molar-refractivity contribution in [1.29, 1.82) is 5.41 Å². The fourth-order valence-corrected chi connectivity index (χ4v) is 4.52. The van der Waals surface area contributed by atoms with Gasteiger partial charge in [-0.05, 0) is 55.7 Å². The molecule has 11 heteroatoms. The molecular weight excluding hydrogens is 478 g/mol. The van der Waals surface area contributed by atoms with Gasteiger partial charge in [0, 0.05) is 23.4 Å². The largest absolute Gasteiger partial charge is 0.464 e. The van der Waals surface area contributed by atoms with Crippen LogP contribution >= 0.6 is 12.4 Å². The van der Waals surface area contributed by atoms with Crippen molar-refractivity contribution in [3.05, 3.63) is 53.1 Å². The first-order valence-electron chi connectivity index (χ1n) is 10.9. The van der Waals surface area contributed by atoms with Crippen LogP contribution in [0.3, 0.4) is 0 Å². The molecule has 0 spiro atoms. The number of sulfonamides is 1. The number of hydrogen-bond acceptors (Lipinski definition) is 7. The van der Waals surface area contributed by atoms with Gasteiger partial charge in [0.15, 0.2) is 6.04 Å². The zero-order chi connectivity index (χ0) is 24.6. The van der Waals surface area contributed by atoms with Gasteiger partial charge >= 0.3 is 5.97 Å². The summed E-state index contributed by atoms with van der Waals surface area (Å²) < 4.78 is 33.8. The smallest absolute Gasteiger partial charge is 0.333 e. The first-order valence-corrected chi connectivity index (χ1v) is 12.4. The maximum absolute atomic E-state index is 13.0. The van der Waals surface area contributed by atoms with Crippen molar-refractivity contribution in [2.24, 2.45) is 5.73 Å². The molecule has 0 aromatic heterocycles. The number of nitrogen functional groups attached to an aromatic ring is 2. The molecule has 0 aliphatic heterocycles. The number of benzene rings is 2. The summed E-state index contributed by atoms with van der Waals surface area (Å²) in [7, 11) is -3.87. The minimum Gasteiger partial charge on any atom is -0.464 e. The van der Waals surface area contributed by atoms with Gasteiger partial charge in [0.25, 0.3) is 0 Å². The molecule has 2 aromatic rings. The Hall–Kier alpha value is -2.82. The highest BCUT2D eigenvalue weighted by atomic mass is 35.5. The number of halogens is 1. The summed E-state index contributed by atoms with van der Waals surface area (Å²) in [6.45, 7) is 6.00. The number of ether oxygens (including phenoxy) is 1. The van der Waals surface area contributed by atoms with Gasteiger partial charge in [0.2, 0.25) is 10.0 Å². The van der Waals surface area contributed by atoms with Crippen molar-refractivity contribution >= 4 is 45.6 Å². The van der Waals surface area contributed by atoms with Crippen LogP contribution in [0.4, 0.5) is 11.4 Å². The van der Waals surface area contributed by atoms with Crippen LogP contribution < -0.4 is 21.5 Å². The summed E-state index contributed by atoms with van der Waals surface area (Å²) in [6, 6.07) is 8.86. The maximum atomic E-state index is 13.0. The van der Waals surface area contributed by atoms with Crippen LogP contribution in [0.25, 0.3) is 0 Å². The van der Waals surface area contributed by atoms with Crippen LogP contribution in [0, 0.1) is 5.41 Å². The van der Waals surface area contributed by atoms with Gasteiger partial charge in [0.05, 0.1) is 12.3 Å². The Morgan fingerprint density at radius 1 is 1.15 bits per heavy atom. The van der Waals surface area contributed by atoms with E-state index in [0.717, 1.165) is 12.0 Å². The molecular formula is C23H34ClN5O4S. The van der Waals surface area contributed by atoms with Gasteiger partial charge in [-0.1, -0.05) is 26.3 Å². The molecule has 0 bridgehead atoms. The number of carbonyl (C=O) groups is 1. The van der Waals surface area contributed by atoms with Crippen molar-refractivity contribution in [3.8, 4) is 0 Å². The summed E-state index contributed by atoms with van der Waals surface area (Å²) in [5.74, 6) is -0.663. The molecule has 0 saturated carbocycles. The molecule has 7 N–H and O–H groups in total. The van der Waals surface area contributed by atoms with Gasteiger partial charge in [-0.2, -0.15) is 0 Å². The van der Waals surface area contributed by atoms with Gasteiger partial charge in [0.1, 0.15) is 10.7 Å². The van der Waals surface area contributed by atoms with Crippen LogP contribution in [-0.2, 0) is 26.0 Å². The van der Waals surface area contributed by atoms with E-state index < -0.39 is 22.0 Å². The van der Waals surface area contributed by atoms with E-state index in [1.54, 1.807) is 37.3 Å². The number of hydrogen-bond donors (Lipinski definition) is 5. The summed E-state index contributed by atoms with van der Waals surface area (Å²) in [4.78, 5) is 12.8. The average Bonchev–Trinajstić information content (AvgIpc) is 2.78. The Balaban J connectivity index is 0.00000578. The highest BCUT2D eigenvalue weighted by molar-refractivity contribution is 7.89. The molecule has 0 aliphatic rings. The number of amidine groups is 1. The standard InChI is InChI=1S/C23H33N5O4S.ClH/c1-4-7-12-27-33(30,31)19-14-15(5-2)13-18(20(19)24)21(23(29)32-6-3)28-17-10-8-16(9-11-17)22(25)26;/h8-11,13-14,21,27-28H,4-7,12,24H2,1-3H3,(H3,25,26);1H. The van der Waals surface area contributed by atoms with Crippen molar-refractivity contribution in [1.82, 2.24) is 4.72 Å². The number of nitrogens with one attached hydrogen (secondary N) is 3. The van der Waals surface area contributed by atoms with E-state index in [1.807, 2.05) is 13.8 Å². The fraction of sp³-hybridized carbons (Fsp3) is 0.391. The van der Waals surface area contributed by atoms with Gasteiger partial charge in [-0.3, -0.25) is 5.41 Å². The van der Waals surface area contributed by atoms with Crippen molar-refractivity contribution in [2.75, 3.05) is 24.2 Å². The summed E-state index contributed by atoms with van der Waals surface area (Å²) >= 11 is 0. The van der Waals surface area contributed by atoms with Crippen molar-refractivity contribution in [2.45, 2.75) is 51.0 Å². The van der Waals surface area contributed by atoms with E-state index in [1.165, 1.54) is 6.07 Å². The second kappa shape index (κ2) is 13.2. The van der Waals surface area contributed by atoms with Crippen LogP contribution in [0.2, 0.25) is 0 Å². The highest BCUT2D eigenvalue weighted by Crippen LogP contribution is 2.32. The number of anilines is 2. The summed E-state index contributed by atoms with van der Waals surface area (Å²) in [5, 5.41) is 10.6. The molecule has 0 saturated heterocycles. The Morgan fingerprint density at radius 2 is 1.79 bits per heavy atom. The number of aryl methyl sites for hydroxylation is 1. The summed E-state index contributed by atoms with van der Waals surface area (Å²) in [5.41, 5.74) is 14.0. The number of nitrogens with two attached hydrogens (primary N) is 2. The molecule has 9 nitrogen and oxygen atoms in total. The molecule has 188 valence electrons. The predicted octanol–water partition coefficient (Wildman–Crippen LogP) is 3.33. The van der Waals surface area contributed by atoms with Gasteiger partial charge < -0.3 is 21.5 Å². The Labute approximate surface area is 207 Å². The lowest BCUT2D eigenvalue weighted by Crippen LogP contribution is -2.28. The van der Waals surface area contributed by atoms with E-state index in [2.05, 4.69) is 10.0 Å². The lowest BCUT2D eigenvalue weighted by Gasteiger charge is -2.23. The topological polar surface area (TPSA) is 160 Å². The average molecular weight is 512 g/mol. The van der Waals surface area contributed by atoms with Crippen molar-refractivity contribution in [3.63, 3.8) is 0 Å². The van der Waals surface area contributed by atoms with Crippen molar-refractivity contribution < 1.29 is 17.9 Å². The first-order chi connectivity index (χ1) is 15.6. The third kappa shape index (κ3) is 7.34. The molecule has 0 aliphatic carbocycles. The van der Waals surface area contributed by atoms with Gasteiger partial charge in [-0.15, -0.1) is 12.4 Å². The van der Waals surface area contributed by atoms with E-state index in [9.17, 15) is 13.2 Å². The Kier molecular flexibility index (Phi) is 11.3. The third-order valence-electron chi connectivity index (χ3n) is 5.09. The van der Waals surface area contributed by atoms with E-state index in [4.69, 9.17) is 21.6 Å². The summed E-state index contributed by atoms with van der Waals surface area (Å²) in [6.07, 6.45) is 2.09. The van der Waals surface area contributed by atoms with Gasteiger partial charge in [-0.25, -0.2) is 17.9 Å². The minimum absolute atomic E-state index is 0. The quantitative estimate of drug-likeness (QED) is 0.0959. The maximum Gasteiger partial charge on any atom is 0.333 e. The molecule has 0 heterocycles. The zero-order valence-corrected chi connectivity index (χ0v) is 21.3. The zero-order valence-electron chi connectivity index (χ0n) is 19.7. The second-order valence-electron chi connectivity index (χ2n) is 7.52. The molecule has 0 radical (unpaired) electrons. The lowest BCUT2D eigenvalue weighted by atomic mass is 10.00. The number of rotatable bonds is 12. The highest BCUT2D eigenvalue weighted by Gasteiger charge is 2.29. The second-order valence-corrected chi connectivity index (χ2v) is 9.26. The third-order valence-corrected chi connectivity index (χ3v) is 6.60. The molecule has 1 atom stereocenters. The van der Waals surface area contributed by atoms with Crippen LogP contribution in [-0.4, -0.2) is 33.4 Å². The molecule has 0 fully saturated rings. The van der Waals surface area contributed by atoms with Crippen LogP contribution in [0.15, 0.2) is 41.3 Å². The molecule has 2 aromatic carbocycles. The number of esters is 1. The Morgan fingerprint density at radius 3 is 2.32 bits per heavy atom. The molecule has 0 amide bonds. The predicted molar refractivity (Wildman–Crippen MR) is 138 cm³/mol. The minimum atomic E-state index is -3.87. The number of carbonyl (C=O) groups excluding carboxylic acids is 1. The monoisotopic (exact) mass is 511 g/mol. The number of unbranched alkanes of at least 4 members (excludes halogenated alkanes) is 1.